The van der Waals surface area contributed by atoms with Gasteiger partial charge in [-0.3, -0.25) is 43.3 Å². The van der Waals surface area contributed by atoms with Gasteiger partial charge in [0.2, 0.25) is 41.4 Å². The van der Waals surface area contributed by atoms with E-state index in [9.17, 15) is 23.9 Å². The van der Waals surface area contributed by atoms with Gasteiger partial charge in [-0.05, 0) is 168 Å². The topological polar surface area (TPSA) is 378 Å². The van der Waals surface area contributed by atoms with Crippen LogP contribution in [0.1, 0.15) is 136 Å². The maximum Gasteiger partial charge on any atom is 0.245 e. The number of likely N-dealkylation sites (N-methyl/N-ethyl adjacent to an activating group) is 1. The van der Waals surface area contributed by atoms with E-state index in [0.717, 1.165) is 49.6 Å². The highest BCUT2D eigenvalue weighted by Crippen LogP contribution is 2.45. The van der Waals surface area contributed by atoms with Crippen LogP contribution in [0, 0.1) is 11.7 Å². The lowest BCUT2D eigenvalue weighted by Crippen LogP contribution is -2.61. The maximum atomic E-state index is 15.4. The molecule has 2 fully saturated rings. The molecule has 10 rings (SSSR count). The number of aliphatic imine (C=N–C) groups is 1. The van der Waals surface area contributed by atoms with Crippen molar-refractivity contribution in [1.29, 1.82) is 0 Å². The molecule has 7 aromatic rings. The lowest BCUT2D eigenvalue weighted by atomic mass is 9.71. The van der Waals surface area contributed by atoms with Crippen molar-refractivity contribution in [3.63, 3.8) is 0 Å². The summed E-state index contributed by atoms with van der Waals surface area (Å²) in [6.07, 6.45) is 9.28. The predicted molar refractivity (Wildman–Crippen MR) is 403 cm³/mol. The molecule has 0 bridgehead atoms. The normalized spacial score (nSPS) is 24.2. The van der Waals surface area contributed by atoms with Crippen LogP contribution >= 0.6 is 0 Å². The molecule has 2 saturated heterocycles. The van der Waals surface area contributed by atoms with Crippen LogP contribution in [0.4, 0.5) is 4.39 Å². The Balaban J connectivity index is 0.959. The summed E-state index contributed by atoms with van der Waals surface area (Å²) in [5, 5.41) is 37.0. The highest BCUT2D eigenvalue weighted by molar-refractivity contribution is 5.99. The molecule has 560 valence electrons. The number of benzene rings is 5. The number of hydrogen-bond acceptors (Lipinski definition) is 13. The number of halogens is 1. The SMILES string of the molecule is C[C@@H](O)[C@@H]1NC(=O)[C@H](CCCCN)NC(=O)[C@@H](Cc2c[nH]c3ccccc23)NC(=O)[C@H](Cc2ccccc2)NC(=O)[C@H](Cc2ccccc2)NC(=O)[C@H](CCCN=C(N)N)NC(=O)[C@H](NCCCC[C@@H]2C[C@@H]3c4cccc5[nH]cc(c45)C[C@H]3N(C)C2)CCCCCC(=O)[C@H](Cc2ccc(F)cc2)NC1=O. The molecule has 25 heteroatoms. The Hall–Kier alpha value is -9.82. The lowest BCUT2D eigenvalue weighted by Gasteiger charge is -2.45. The van der Waals surface area contributed by atoms with E-state index in [1.54, 1.807) is 60.8 Å². The number of piperidine rings is 1. The number of fused-ring (bicyclic) bond motifs is 3. The number of nitrogens with two attached hydrogens (primary N) is 3. The molecule has 17 N–H and O–H groups in total. The fraction of sp³-hybridized carbons (Fsp3) is 0.463. The van der Waals surface area contributed by atoms with Crippen molar-refractivity contribution in [3.8, 4) is 0 Å². The van der Waals surface area contributed by atoms with Crippen LogP contribution in [0.3, 0.4) is 0 Å². The minimum absolute atomic E-state index is 0.00889. The number of nitrogens with one attached hydrogen (secondary N) is 10. The number of para-hydroxylation sites is 1. The number of Topliss-reactive ketones (excluding diaryl/α,β-unsaturated/α-hetero) is 1. The van der Waals surface area contributed by atoms with Gasteiger partial charge in [-0.15, -0.1) is 0 Å². The molecular weight excluding hydrogens is 1330 g/mol. The first-order chi connectivity index (χ1) is 50.8. The standard InChI is InChI=1S/C80H104FN15O9/c1-49(97)72-79(105)91-65(41-52-33-35-56(81)36-34-52)70(98)32-11-5-10-28-62(85-38-17-15-24-53-40-59-58-26-18-30-61-71(58)55(47-88-61)45-69(59)96(2)48-53)73(99)89-64(31-19-39-86-80(83)84)74(100)92-66(42-50-20-6-3-7-21-50)76(102)93-67(43-51-22-8-4-9-23-51)77(103)94-68(44-54-46-87-60-27-13-12-25-57(54)60)78(104)90-63(75(101)95-72)29-14-16-37-82/h3-4,6-9,12-13,18,20-23,25-27,30,33-36,46-47,49,53,59,62-69,72,85,87-88,97H,5,10-11,14-17,19,24,28-29,31-32,37-45,48,82H2,1-2H3,(H,89,99)(H,90,104)(H,91,105)(H,92,100)(H,93,102)(H,94,103)(H,95,101)(H4,83,84,86)/t49-,53-,59-,62-,63+,64+,65+,66+,67+,68-,69-,72+/m1/s1. The Kier molecular flexibility index (Phi) is 28.3. The summed E-state index contributed by atoms with van der Waals surface area (Å²) in [6, 6.07) is 27.3. The summed E-state index contributed by atoms with van der Waals surface area (Å²) < 4.78 is 14.3. The third-order valence-electron chi connectivity index (χ3n) is 20.8. The van der Waals surface area contributed by atoms with E-state index in [2.05, 4.69) is 93.8 Å². The third kappa shape index (κ3) is 21.9. The molecule has 0 radical (unpaired) electrons. The van der Waals surface area contributed by atoms with E-state index in [1.807, 2.05) is 30.3 Å². The Bertz CT molecular complexity index is 4090. The van der Waals surface area contributed by atoms with Gasteiger partial charge in [0.05, 0.1) is 18.2 Å². The Morgan fingerprint density at radius 3 is 1.81 bits per heavy atom. The number of aromatic amines is 2. The quantitative estimate of drug-likeness (QED) is 0.0219. The van der Waals surface area contributed by atoms with Crippen molar-refractivity contribution in [2.24, 2.45) is 28.1 Å². The van der Waals surface area contributed by atoms with Crippen LogP contribution in [0.2, 0.25) is 0 Å². The van der Waals surface area contributed by atoms with Gasteiger partial charge in [0.15, 0.2) is 11.7 Å². The first-order valence-electron chi connectivity index (χ1n) is 37.3. The molecule has 5 aromatic carbocycles. The summed E-state index contributed by atoms with van der Waals surface area (Å²) in [4.78, 5) is 133. The van der Waals surface area contributed by atoms with Gasteiger partial charge in [0.25, 0.3) is 0 Å². The van der Waals surface area contributed by atoms with E-state index in [4.69, 9.17) is 17.2 Å². The fourth-order valence-electron chi connectivity index (χ4n) is 15.2. The van der Waals surface area contributed by atoms with Crippen molar-refractivity contribution in [2.75, 3.05) is 33.2 Å². The number of guanidine groups is 1. The molecule has 0 saturated carbocycles. The van der Waals surface area contributed by atoms with E-state index >= 15 is 24.0 Å². The predicted octanol–water partition coefficient (Wildman–Crippen LogP) is 5.34. The summed E-state index contributed by atoms with van der Waals surface area (Å²) in [7, 11) is 2.23. The fourth-order valence-corrected chi connectivity index (χ4v) is 15.2. The second-order valence-electron chi connectivity index (χ2n) is 28.7. The monoisotopic (exact) mass is 1440 g/mol. The lowest BCUT2D eigenvalue weighted by molar-refractivity contribution is -0.136. The second-order valence-corrected chi connectivity index (χ2v) is 28.7. The largest absolute Gasteiger partial charge is 0.391 e. The summed E-state index contributed by atoms with van der Waals surface area (Å²) in [6.45, 7) is 3.12. The number of rotatable bonds is 23. The molecule has 2 aromatic heterocycles. The number of carbonyl (C=O) groups excluding carboxylic acids is 8. The van der Waals surface area contributed by atoms with Crippen LogP contribution in [-0.2, 0) is 70.5 Å². The van der Waals surface area contributed by atoms with Crippen molar-refractivity contribution in [3.05, 3.63) is 179 Å². The zero-order chi connectivity index (χ0) is 74.4. The number of likely N-dealkylation sites (tertiary alicyclic amines) is 1. The van der Waals surface area contributed by atoms with Crippen LogP contribution in [0.25, 0.3) is 21.8 Å². The summed E-state index contributed by atoms with van der Waals surface area (Å²) >= 11 is 0. The average molecular weight is 1440 g/mol. The molecule has 1 aliphatic carbocycles. The number of H-pyrrole nitrogens is 2. The van der Waals surface area contributed by atoms with E-state index in [0.29, 0.717) is 78.8 Å². The zero-order valence-corrected chi connectivity index (χ0v) is 60.2. The Morgan fingerprint density at radius 2 is 1.14 bits per heavy atom. The summed E-state index contributed by atoms with van der Waals surface area (Å²) in [5.41, 5.74) is 24.6. The van der Waals surface area contributed by atoms with Crippen LogP contribution < -0.4 is 59.7 Å². The van der Waals surface area contributed by atoms with Crippen molar-refractivity contribution >= 4 is 74.9 Å². The van der Waals surface area contributed by atoms with Gasteiger partial charge < -0.3 is 79.7 Å². The van der Waals surface area contributed by atoms with Gasteiger partial charge in [-0.2, -0.15) is 0 Å². The smallest absolute Gasteiger partial charge is 0.245 e. The van der Waals surface area contributed by atoms with Gasteiger partial charge in [-0.1, -0.05) is 122 Å². The highest BCUT2D eigenvalue weighted by atomic mass is 19.1. The maximum absolute atomic E-state index is 15.4. The molecule has 7 amide bonds. The molecule has 4 heterocycles. The van der Waals surface area contributed by atoms with Crippen molar-refractivity contribution in [1.82, 2.24) is 57.4 Å². The number of aliphatic hydroxyl groups excluding tert-OH is 1. The third-order valence-corrected chi connectivity index (χ3v) is 20.8. The number of hydrogen-bond donors (Lipinski definition) is 14. The Morgan fingerprint density at radius 1 is 0.581 bits per heavy atom. The van der Waals surface area contributed by atoms with Gasteiger partial charge >= 0.3 is 0 Å². The van der Waals surface area contributed by atoms with E-state index in [1.165, 1.54) is 53.2 Å². The highest BCUT2D eigenvalue weighted by Gasteiger charge is 2.41. The van der Waals surface area contributed by atoms with Crippen LogP contribution in [0.15, 0.2) is 145 Å². The van der Waals surface area contributed by atoms with Crippen molar-refractivity contribution in [2.45, 2.75) is 195 Å². The molecule has 3 aliphatic rings. The molecule has 0 spiro atoms. The van der Waals surface area contributed by atoms with Gasteiger partial charge in [0.1, 0.15) is 42.1 Å². The number of unbranched alkanes of at least 4 members (excludes halogenated alkanes) is 2. The number of aromatic nitrogens is 2. The Labute approximate surface area is 613 Å². The number of carbonyl (C=O) groups is 8. The van der Waals surface area contributed by atoms with E-state index in [-0.39, 0.29) is 82.6 Å². The number of ketones is 1. The molecule has 12 atom stereocenters. The second kappa shape index (κ2) is 38.3. The molecule has 0 unspecified atom stereocenters. The molecular formula is C80H104FN15O9. The minimum Gasteiger partial charge on any atom is -0.391 e. The van der Waals surface area contributed by atoms with Gasteiger partial charge in [0, 0.05) is 84.9 Å². The van der Waals surface area contributed by atoms with Gasteiger partial charge in [-0.25, -0.2) is 4.39 Å². The number of nitrogens with zero attached hydrogens (tertiary/aromatic N) is 2. The molecule has 2 aliphatic heterocycles. The first kappa shape index (κ1) is 77.8. The van der Waals surface area contributed by atoms with Crippen molar-refractivity contribution < 1.29 is 47.9 Å². The van der Waals surface area contributed by atoms with E-state index < -0.39 is 102 Å². The first-order valence-corrected chi connectivity index (χ1v) is 37.3. The molecule has 24 nitrogen and oxygen atoms in total. The zero-order valence-electron chi connectivity index (χ0n) is 60.2. The van der Waals surface area contributed by atoms with Crippen LogP contribution in [0.5, 0.6) is 0 Å². The summed E-state index contributed by atoms with van der Waals surface area (Å²) in [5.74, 6) is -5.45. The van der Waals surface area contributed by atoms with Crippen LogP contribution in [-0.4, -0.2) is 167 Å². The number of amides is 7. The number of aliphatic hydroxyl groups is 1. The average Bonchev–Trinajstić information content (AvgIpc) is 1.68. The molecule has 105 heavy (non-hydrogen) atoms. The minimum atomic E-state index is -1.65.